The van der Waals surface area contributed by atoms with Gasteiger partial charge in [-0.15, -0.1) is 0 Å². The van der Waals surface area contributed by atoms with Gasteiger partial charge in [0.1, 0.15) is 0 Å². The maximum Gasteiger partial charge on any atom is 0.409 e. The monoisotopic (exact) mass is 629 g/mol. The van der Waals surface area contributed by atoms with Gasteiger partial charge in [0.25, 0.3) is 0 Å². The Morgan fingerprint density at radius 1 is 0.727 bits per heavy atom. The number of hydrogen-bond donors (Lipinski definition) is 3. The third-order valence-electron chi connectivity index (χ3n) is 7.74. The number of rotatable bonds is 14. The first-order chi connectivity index (χ1) is 20.2. The van der Waals surface area contributed by atoms with Crippen LogP contribution in [0.1, 0.15) is 152 Å². The van der Waals surface area contributed by atoms with Gasteiger partial charge in [-0.3, -0.25) is 9.59 Å². The predicted octanol–water partition coefficient (Wildman–Crippen LogP) is 7.60. The second-order valence-corrected chi connectivity index (χ2v) is 15.2. The largest absolute Gasteiger partial charge is 0.409 e. The van der Waals surface area contributed by atoms with Crippen LogP contribution in [-0.4, -0.2) is 26.3 Å². The first-order valence-electron chi connectivity index (χ1n) is 15.9. The molecule has 9 heteroatoms. The van der Waals surface area contributed by atoms with Gasteiger partial charge in [0.2, 0.25) is 11.8 Å². The number of nitrogens with one attached hydrogen (secondary N) is 2. The topological polar surface area (TPSA) is 128 Å². The SMILES string of the molecule is CC(C)C[C@H](N)C(=O)Nc1cc(C(C)C)c(OS(=O)(=O)NC(=O)Cc2c(C(C)C)cc(C(C)C)cc2C(C)C)c(C(C)C)c1. The lowest BCUT2D eigenvalue weighted by Gasteiger charge is -2.23. The summed E-state index contributed by atoms with van der Waals surface area (Å²) in [5, 5.41) is 2.89. The van der Waals surface area contributed by atoms with Crippen LogP contribution in [0, 0.1) is 5.92 Å². The number of hydrogen-bond acceptors (Lipinski definition) is 6. The van der Waals surface area contributed by atoms with Crippen LogP contribution in [0.2, 0.25) is 0 Å². The Balaban J connectivity index is 2.44. The van der Waals surface area contributed by atoms with Gasteiger partial charge in [-0.05, 0) is 76.3 Å². The molecule has 0 saturated heterocycles. The van der Waals surface area contributed by atoms with E-state index in [2.05, 4.69) is 63.7 Å². The maximum absolute atomic E-state index is 13.3. The normalized spacial score (nSPS) is 13.0. The van der Waals surface area contributed by atoms with Crippen LogP contribution >= 0.6 is 0 Å². The van der Waals surface area contributed by atoms with E-state index >= 15 is 0 Å². The zero-order valence-corrected chi connectivity index (χ0v) is 29.6. The molecule has 246 valence electrons. The van der Waals surface area contributed by atoms with E-state index in [1.54, 1.807) is 12.1 Å². The predicted molar refractivity (Wildman–Crippen MR) is 181 cm³/mol. The second-order valence-electron chi connectivity index (χ2n) is 13.9. The van der Waals surface area contributed by atoms with Crippen molar-refractivity contribution in [3.8, 4) is 5.75 Å². The Bertz CT molecular complexity index is 1370. The molecule has 4 N–H and O–H groups in total. The summed E-state index contributed by atoms with van der Waals surface area (Å²) >= 11 is 0. The number of benzene rings is 2. The van der Waals surface area contributed by atoms with Crippen LogP contribution in [0.25, 0.3) is 0 Å². The molecule has 0 radical (unpaired) electrons. The molecule has 0 bridgehead atoms. The maximum atomic E-state index is 13.3. The minimum absolute atomic E-state index is 0.0856. The number of amides is 2. The lowest BCUT2D eigenvalue weighted by atomic mass is 9.83. The van der Waals surface area contributed by atoms with Crippen LogP contribution < -0.4 is 20.0 Å². The fraction of sp³-hybridized carbons (Fsp3) is 0.600. The van der Waals surface area contributed by atoms with Crippen LogP contribution in [-0.2, 0) is 26.3 Å². The molecule has 0 unspecified atom stereocenters. The van der Waals surface area contributed by atoms with Gasteiger partial charge in [0.05, 0.1) is 12.5 Å². The van der Waals surface area contributed by atoms with Crippen LogP contribution in [0.3, 0.4) is 0 Å². The Labute approximate surface area is 266 Å². The van der Waals surface area contributed by atoms with Crippen molar-refractivity contribution in [1.29, 1.82) is 0 Å². The van der Waals surface area contributed by atoms with Crippen molar-refractivity contribution in [1.82, 2.24) is 4.72 Å². The van der Waals surface area contributed by atoms with E-state index < -0.39 is 22.3 Å². The molecule has 0 spiro atoms. The second kappa shape index (κ2) is 15.4. The summed E-state index contributed by atoms with van der Waals surface area (Å²) in [5.41, 5.74) is 11.9. The smallest absolute Gasteiger partial charge is 0.366 e. The zero-order chi connectivity index (χ0) is 33.7. The summed E-state index contributed by atoms with van der Waals surface area (Å²) in [6.45, 7) is 24.2. The van der Waals surface area contributed by atoms with Crippen molar-refractivity contribution in [2.45, 2.75) is 132 Å². The molecule has 0 aliphatic rings. The van der Waals surface area contributed by atoms with Gasteiger partial charge in [-0.2, -0.15) is 8.42 Å². The molecule has 2 rings (SSSR count). The van der Waals surface area contributed by atoms with Gasteiger partial charge in [-0.1, -0.05) is 95.2 Å². The summed E-state index contributed by atoms with van der Waals surface area (Å²) in [5.74, 6) is -0.197. The summed E-state index contributed by atoms with van der Waals surface area (Å²) in [6.07, 6.45) is 0.454. The number of nitrogens with two attached hydrogens (primary N) is 1. The number of carbonyl (C=O) groups excluding carboxylic acids is 2. The molecule has 0 aromatic heterocycles. The highest BCUT2D eigenvalue weighted by Crippen LogP contribution is 2.38. The summed E-state index contributed by atoms with van der Waals surface area (Å²) in [7, 11) is -4.52. The van der Waals surface area contributed by atoms with E-state index in [4.69, 9.17) is 9.92 Å². The highest BCUT2D eigenvalue weighted by atomic mass is 32.2. The van der Waals surface area contributed by atoms with Crippen LogP contribution in [0.15, 0.2) is 24.3 Å². The first kappa shape index (κ1) is 37.3. The standard InChI is InChI=1S/C35H55N3O5S/c1-19(2)13-32(36)35(40)37-26-16-29(23(9)10)34(30(17-26)24(11)12)43-44(41,42)38-33(39)18-31-27(21(5)6)14-25(20(3)4)15-28(31)22(7)8/h14-17,19-24,32H,13,18,36H2,1-12H3,(H,37,40)(H,38,39)/t32-/m0/s1. The molecule has 2 aromatic rings. The Kier molecular flexibility index (Phi) is 13.0. The lowest BCUT2D eigenvalue weighted by molar-refractivity contribution is -0.119. The number of carbonyl (C=O) groups is 2. The molecule has 0 fully saturated rings. The zero-order valence-electron chi connectivity index (χ0n) is 28.8. The van der Waals surface area contributed by atoms with E-state index in [-0.39, 0.29) is 47.7 Å². The van der Waals surface area contributed by atoms with E-state index in [0.29, 0.717) is 29.2 Å². The number of anilines is 1. The Morgan fingerprint density at radius 3 is 1.57 bits per heavy atom. The van der Waals surface area contributed by atoms with E-state index in [9.17, 15) is 18.0 Å². The van der Waals surface area contributed by atoms with E-state index in [0.717, 1.165) is 16.7 Å². The van der Waals surface area contributed by atoms with E-state index in [1.807, 2.05) is 41.5 Å². The first-order valence-corrected chi connectivity index (χ1v) is 17.3. The van der Waals surface area contributed by atoms with Gasteiger partial charge < -0.3 is 15.2 Å². The highest BCUT2D eigenvalue weighted by molar-refractivity contribution is 7.85. The molecule has 0 aliphatic carbocycles. The lowest BCUT2D eigenvalue weighted by Crippen LogP contribution is -2.37. The van der Waals surface area contributed by atoms with Crippen molar-refractivity contribution in [2.75, 3.05) is 5.32 Å². The Morgan fingerprint density at radius 2 is 1.18 bits per heavy atom. The molecule has 0 aliphatic heterocycles. The summed E-state index contributed by atoms with van der Waals surface area (Å²) < 4.78 is 34.5. The quantitative estimate of drug-likeness (QED) is 0.197. The van der Waals surface area contributed by atoms with Crippen LogP contribution in [0.5, 0.6) is 5.75 Å². The van der Waals surface area contributed by atoms with Gasteiger partial charge in [-0.25, -0.2) is 4.72 Å². The third kappa shape index (κ3) is 10.1. The Hall–Kier alpha value is -2.91. The minimum atomic E-state index is -4.52. The van der Waals surface area contributed by atoms with Crippen LogP contribution in [0.4, 0.5) is 5.69 Å². The third-order valence-corrected chi connectivity index (χ3v) is 8.60. The van der Waals surface area contributed by atoms with Crippen molar-refractivity contribution in [3.05, 3.63) is 57.6 Å². The fourth-order valence-corrected chi connectivity index (χ4v) is 6.13. The van der Waals surface area contributed by atoms with E-state index in [1.165, 1.54) is 5.56 Å². The molecule has 2 amide bonds. The molecule has 0 heterocycles. The van der Waals surface area contributed by atoms with Gasteiger partial charge in [0, 0.05) is 16.8 Å². The molecular formula is C35H55N3O5S. The molecule has 1 atom stereocenters. The molecule has 0 saturated carbocycles. The van der Waals surface area contributed by atoms with Gasteiger partial charge >= 0.3 is 10.3 Å². The van der Waals surface area contributed by atoms with Crippen molar-refractivity contribution >= 4 is 27.8 Å². The average Bonchev–Trinajstić information content (AvgIpc) is 2.87. The van der Waals surface area contributed by atoms with Crippen molar-refractivity contribution in [2.24, 2.45) is 11.7 Å². The molecule has 8 nitrogen and oxygen atoms in total. The molecular weight excluding hydrogens is 574 g/mol. The highest BCUT2D eigenvalue weighted by Gasteiger charge is 2.27. The van der Waals surface area contributed by atoms with Crippen molar-refractivity contribution in [3.63, 3.8) is 0 Å². The summed E-state index contributed by atoms with van der Waals surface area (Å²) in [6, 6.07) is 7.02. The van der Waals surface area contributed by atoms with Crippen molar-refractivity contribution < 1.29 is 22.2 Å². The summed E-state index contributed by atoms with van der Waals surface area (Å²) in [4.78, 5) is 26.1. The average molecular weight is 630 g/mol. The molecule has 2 aromatic carbocycles. The molecule has 44 heavy (non-hydrogen) atoms. The van der Waals surface area contributed by atoms with Gasteiger partial charge in [0.15, 0.2) is 5.75 Å². The fourth-order valence-electron chi connectivity index (χ4n) is 5.33. The minimum Gasteiger partial charge on any atom is -0.366 e.